The van der Waals surface area contributed by atoms with Crippen molar-refractivity contribution in [1.82, 2.24) is 0 Å². The molecule has 4 aromatic rings. The molecule has 4 aromatic carbocycles. The molecule has 1 unspecified atom stereocenters. The number of allylic oxidation sites excluding steroid dienone is 2. The van der Waals surface area contributed by atoms with Gasteiger partial charge < -0.3 is 4.90 Å². The van der Waals surface area contributed by atoms with Gasteiger partial charge in [-0.2, -0.15) is 0 Å². The summed E-state index contributed by atoms with van der Waals surface area (Å²) < 4.78 is 0. The number of nitrogens with zero attached hydrogens (tertiary/aromatic N) is 1. The Kier molecular flexibility index (Phi) is 7.01. The smallest absolute Gasteiger partial charge is 0.0555 e. The van der Waals surface area contributed by atoms with E-state index in [0.29, 0.717) is 6.04 Å². The molecule has 0 saturated heterocycles. The molecule has 168 valence electrons. The predicted molar refractivity (Wildman–Crippen MR) is 144 cm³/mol. The predicted octanol–water partition coefficient (Wildman–Crippen LogP) is 7.80. The van der Waals surface area contributed by atoms with E-state index in [-0.39, 0.29) is 0 Å². The average Bonchev–Trinajstić information content (AvgIpc) is 2.90. The maximum absolute atomic E-state index is 2.51. The van der Waals surface area contributed by atoms with Gasteiger partial charge in [0.2, 0.25) is 0 Å². The molecule has 1 heteroatoms. The zero-order valence-electron chi connectivity index (χ0n) is 19.6. The summed E-state index contributed by atoms with van der Waals surface area (Å²) >= 11 is 0. The van der Waals surface area contributed by atoms with Crippen molar-refractivity contribution in [3.05, 3.63) is 161 Å². The molecule has 1 atom stereocenters. The molecule has 1 heterocycles. The van der Waals surface area contributed by atoms with Crippen LogP contribution in [0.3, 0.4) is 0 Å². The van der Waals surface area contributed by atoms with Crippen molar-refractivity contribution in [1.29, 1.82) is 0 Å². The fourth-order valence-corrected chi connectivity index (χ4v) is 4.87. The van der Waals surface area contributed by atoms with Crippen LogP contribution in [0, 0.1) is 0 Å². The van der Waals surface area contributed by atoms with Gasteiger partial charge in [-0.25, -0.2) is 0 Å². The van der Waals surface area contributed by atoms with Crippen molar-refractivity contribution in [2.45, 2.75) is 31.7 Å². The van der Waals surface area contributed by atoms with Crippen LogP contribution in [0.15, 0.2) is 145 Å². The summed E-state index contributed by atoms with van der Waals surface area (Å²) in [6, 6.07) is 43.7. The van der Waals surface area contributed by atoms with Crippen LogP contribution in [0.1, 0.15) is 23.1 Å². The van der Waals surface area contributed by atoms with E-state index in [1.165, 1.54) is 33.5 Å². The third-order valence-corrected chi connectivity index (χ3v) is 6.55. The fraction of sp³-hybridized carbons (Fsp3) is 0.152. The third kappa shape index (κ3) is 5.55. The van der Waals surface area contributed by atoms with Gasteiger partial charge in [0.25, 0.3) is 0 Å². The fourth-order valence-electron chi connectivity index (χ4n) is 4.87. The highest BCUT2D eigenvalue weighted by molar-refractivity contribution is 5.57. The summed E-state index contributed by atoms with van der Waals surface area (Å²) in [5, 5.41) is 0. The van der Waals surface area contributed by atoms with E-state index in [9.17, 15) is 0 Å². The van der Waals surface area contributed by atoms with Crippen molar-refractivity contribution in [3.63, 3.8) is 0 Å². The number of para-hydroxylation sites is 1. The standard InChI is InChI=1S/C33H31N/c1-5-13-27(14-6-1)21-22-33-31(24-29-17-9-3-10-18-29)25-30(23-28-15-7-2-8-16-28)26-34(33)32-19-11-4-12-20-32/h1-20,25-26,33H,21-24H2. The molecule has 0 N–H and O–H groups in total. The number of hydrogen-bond acceptors (Lipinski definition) is 1. The highest BCUT2D eigenvalue weighted by Gasteiger charge is 2.26. The minimum absolute atomic E-state index is 0.322. The van der Waals surface area contributed by atoms with Crippen LogP contribution in [0.4, 0.5) is 5.69 Å². The van der Waals surface area contributed by atoms with Gasteiger partial charge in [0, 0.05) is 11.9 Å². The van der Waals surface area contributed by atoms with E-state index in [0.717, 1.165) is 25.7 Å². The number of anilines is 1. The Morgan fingerprint density at radius 3 is 1.62 bits per heavy atom. The molecule has 5 rings (SSSR count). The third-order valence-electron chi connectivity index (χ3n) is 6.55. The zero-order chi connectivity index (χ0) is 23.0. The lowest BCUT2D eigenvalue weighted by molar-refractivity contribution is 0.640. The van der Waals surface area contributed by atoms with Crippen molar-refractivity contribution in [3.8, 4) is 0 Å². The Morgan fingerprint density at radius 1 is 0.529 bits per heavy atom. The molecule has 1 aliphatic rings. The van der Waals surface area contributed by atoms with Crippen LogP contribution in [-0.2, 0) is 19.3 Å². The van der Waals surface area contributed by atoms with Gasteiger partial charge in [-0.15, -0.1) is 0 Å². The molecule has 0 amide bonds. The molecule has 0 saturated carbocycles. The second-order valence-electron chi connectivity index (χ2n) is 9.03. The van der Waals surface area contributed by atoms with Crippen LogP contribution < -0.4 is 4.90 Å². The maximum atomic E-state index is 2.51. The Morgan fingerprint density at radius 2 is 1.03 bits per heavy atom. The lowest BCUT2D eigenvalue weighted by atomic mass is 9.87. The molecule has 0 spiro atoms. The summed E-state index contributed by atoms with van der Waals surface area (Å²) in [6.07, 6.45) is 8.89. The quantitative estimate of drug-likeness (QED) is 0.270. The van der Waals surface area contributed by atoms with Gasteiger partial charge in [-0.05, 0) is 65.7 Å². The lowest BCUT2D eigenvalue weighted by Gasteiger charge is -2.37. The topological polar surface area (TPSA) is 3.24 Å². The lowest BCUT2D eigenvalue weighted by Crippen LogP contribution is -2.36. The first-order chi connectivity index (χ1) is 16.8. The summed E-state index contributed by atoms with van der Waals surface area (Å²) in [7, 11) is 0. The second kappa shape index (κ2) is 10.9. The molecule has 0 radical (unpaired) electrons. The van der Waals surface area contributed by atoms with Crippen molar-refractivity contribution in [2.75, 3.05) is 4.90 Å². The summed E-state index contributed by atoms with van der Waals surface area (Å²) in [5.41, 5.74) is 8.21. The number of aryl methyl sites for hydroxylation is 1. The molecular formula is C33H31N. The van der Waals surface area contributed by atoms with Gasteiger partial charge in [-0.1, -0.05) is 115 Å². The van der Waals surface area contributed by atoms with Crippen molar-refractivity contribution < 1.29 is 0 Å². The molecular weight excluding hydrogens is 410 g/mol. The molecule has 0 aliphatic carbocycles. The summed E-state index contributed by atoms with van der Waals surface area (Å²) in [5.74, 6) is 0. The van der Waals surface area contributed by atoms with Crippen molar-refractivity contribution in [2.24, 2.45) is 0 Å². The van der Waals surface area contributed by atoms with E-state index in [4.69, 9.17) is 0 Å². The molecule has 0 aromatic heterocycles. The number of rotatable bonds is 8. The molecule has 1 aliphatic heterocycles. The van der Waals surface area contributed by atoms with Gasteiger partial charge >= 0.3 is 0 Å². The van der Waals surface area contributed by atoms with E-state index < -0.39 is 0 Å². The Balaban J connectivity index is 1.51. The minimum atomic E-state index is 0.322. The Labute approximate surface area is 203 Å². The Bertz CT molecular complexity index is 1230. The SMILES string of the molecule is C1=C(Cc2ccccc2)C=C(Cc2ccccc2)C(CCc2ccccc2)N1c1ccccc1. The molecule has 1 nitrogen and oxygen atoms in total. The van der Waals surface area contributed by atoms with Crippen molar-refractivity contribution >= 4 is 5.69 Å². The number of benzene rings is 4. The summed E-state index contributed by atoms with van der Waals surface area (Å²) in [4.78, 5) is 2.51. The monoisotopic (exact) mass is 441 g/mol. The zero-order valence-corrected chi connectivity index (χ0v) is 19.6. The maximum Gasteiger partial charge on any atom is 0.0555 e. The normalized spacial score (nSPS) is 15.5. The highest BCUT2D eigenvalue weighted by atomic mass is 15.2. The largest absolute Gasteiger partial charge is 0.340 e. The first kappa shape index (κ1) is 22.0. The minimum Gasteiger partial charge on any atom is -0.340 e. The first-order valence-corrected chi connectivity index (χ1v) is 12.2. The van der Waals surface area contributed by atoms with Crippen LogP contribution in [0.25, 0.3) is 0 Å². The van der Waals surface area contributed by atoms with E-state index in [1.54, 1.807) is 0 Å². The molecule has 34 heavy (non-hydrogen) atoms. The number of hydrogen-bond donors (Lipinski definition) is 0. The Hall–Kier alpha value is -3.84. The van der Waals surface area contributed by atoms with Crippen LogP contribution in [-0.4, -0.2) is 6.04 Å². The molecule has 0 bridgehead atoms. The van der Waals surface area contributed by atoms with Gasteiger partial charge in [0.1, 0.15) is 0 Å². The average molecular weight is 442 g/mol. The van der Waals surface area contributed by atoms with E-state index in [2.05, 4.69) is 139 Å². The van der Waals surface area contributed by atoms with Gasteiger partial charge in [-0.3, -0.25) is 0 Å². The highest BCUT2D eigenvalue weighted by Crippen LogP contribution is 2.32. The first-order valence-electron chi connectivity index (χ1n) is 12.2. The van der Waals surface area contributed by atoms with Crippen LogP contribution in [0.5, 0.6) is 0 Å². The summed E-state index contributed by atoms with van der Waals surface area (Å²) in [6.45, 7) is 0. The van der Waals surface area contributed by atoms with Crippen LogP contribution in [0.2, 0.25) is 0 Å². The van der Waals surface area contributed by atoms with E-state index in [1.807, 2.05) is 0 Å². The van der Waals surface area contributed by atoms with E-state index >= 15 is 0 Å². The molecule has 0 fully saturated rings. The van der Waals surface area contributed by atoms with Gasteiger partial charge in [0.05, 0.1) is 6.04 Å². The van der Waals surface area contributed by atoms with Crippen LogP contribution >= 0.6 is 0 Å². The second-order valence-corrected chi connectivity index (χ2v) is 9.03. The van der Waals surface area contributed by atoms with Gasteiger partial charge in [0.15, 0.2) is 0 Å².